The van der Waals surface area contributed by atoms with Crippen LogP contribution in [0.15, 0.2) is 24.3 Å². The van der Waals surface area contributed by atoms with Gasteiger partial charge in [0.2, 0.25) is 0 Å². The van der Waals surface area contributed by atoms with E-state index in [0.717, 1.165) is 0 Å². The van der Waals surface area contributed by atoms with Crippen LogP contribution < -0.4 is 5.73 Å². The van der Waals surface area contributed by atoms with Gasteiger partial charge in [0.1, 0.15) is 5.82 Å². The van der Waals surface area contributed by atoms with Gasteiger partial charge < -0.3 is 5.73 Å². The molecule has 13 heavy (non-hydrogen) atoms. The third-order valence-electron chi connectivity index (χ3n) is 1.40. The second-order valence-electron chi connectivity index (χ2n) is 2.26. The van der Waals surface area contributed by atoms with E-state index in [1.165, 1.54) is 18.2 Å². The number of benzene rings is 1. The standard InChI is InChI=1S/C7H8FNO3S/c8-6-4-2-1-3-5(6)7(9)12-13(10)11/h1-4,7H,9H2,(H,10,11). The summed E-state index contributed by atoms with van der Waals surface area (Å²) in [5.74, 6) is -0.569. The number of hydrogen-bond donors (Lipinski definition) is 2. The summed E-state index contributed by atoms with van der Waals surface area (Å²) in [5.41, 5.74) is 5.33. The molecule has 0 aliphatic carbocycles. The van der Waals surface area contributed by atoms with E-state index in [-0.39, 0.29) is 5.56 Å². The number of halogens is 1. The van der Waals surface area contributed by atoms with Crippen LogP contribution in [0.25, 0.3) is 0 Å². The van der Waals surface area contributed by atoms with Gasteiger partial charge in [0.25, 0.3) is 0 Å². The third kappa shape index (κ3) is 2.85. The summed E-state index contributed by atoms with van der Waals surface area (Å²) in [5, 5.41) is 0. The molecule has 0 aromatic heterocycles. The Labute approximate surface area is 77.0 Å². The molecule has 0 spiro atoms. The summed E-state index contributed by atoms with van der Waals surface area (Å²) in [4.78, 5) is 0. The van der Waals surface area contributed by atoms with Crippen LogP contribution in [0.2, 0.25) is 0 Å². The van der Waals surface area contributed by atoms with E-state index in [1.54, 1.807) is 6.07 Å². The molecule has 4 nitrogen and oxygen atoms in total. The minimum atomic E-state index is -2.50. The van der Waals surface area contributed by atoms with Gasteiger partial charge in [-0.2, -0.15) is 4.21 Å². The Bertz CT molecular complexity index is 320. The number of rotatable bonds is 3. The molecule has 0 aliphatic heterocycles. The van der Waals surface area contributed by atoms with E-state index in [9.17, 15) is 8.60 Å². The Hall–Kier alpha value is -0.820. The minimum absolute atomic E-state index is 0.0462. The average molecular weight is 205 g/mol. The maximum Gasteiger partial charge on any atom is 0.303 e. The Morgan fingerprint density at radius 2 is 2.15 bits per heavy atom. The first kappa shape index (κ1) is 10.3. The molecule has 72 valence electrons. The predicted octanol–water partition coefficient (Wildman–Crippen LogP) is 0.936. The molecule has 2 unspecified atom stereocenters. The van der Waals surface area contributed by atoms with Crippen LogP contribution in [0.4, 0.5) is 4.39 Å². The van der Waals surface area contributed by atoms with Crippen molar-refractivity contribution >= 4 is 11.4 Å². The summed E-state index contributed by atoms with van der Waals surface area (Å²) >= 11 is -2.50. The minimum Gasteiger partial charge on any atom is -0.301 e. The van der Waals surface area contributed by atoms with Gasteiger partial charge in [-0.25, -0.2) is 8.57 Å². The molecule has 1 rings (SSSR count). The molecule has 0 heterocycles. The molecular weight excluding hydrogens is 197 g/mol. The highest BCUT2D eigenvalue weighted by Gasteiger charge is 2.13. The summed E-state index contributed by atoms with van der Waals surface area (Å²) in [7, 11) is 0. The van der Waals surface area contributed by atoms with E-state index in [0.29, 0.717) is 0 Å². The molecular formula is C7H8FNO3S. The average Bonchev–Trinajstić information content (AvgIpc) is 2.03. The molecule has 0 fully saturated rings. The summed E-state index contributed by atoms with van der Waals surface area (Å²) < 4.78 is 35.7. The zero-order valence-corrected chi connectivity index (χ0v) is 7.33. The van der Waals surface area contributed by atoms with Gasteiger partial charge >= 0.3 is 11.4 Å². The van der Waals surface area contributed by atoms with Crippen LogP contribution in [0, 0.1) is 5.82 Å². The van der Waals surface area contributed by atoms with Crippen LogP contribution in [-0.4, -0.2) is 8.76 Å². The molecule has 2 atom stereocenters. The first-order chi connectivity index (χ1) is 6.11. The Kier molecular flexibility index (Phi) is 3.49. The lowest BCUT2D eigenvalue weighted by Crippen LogP contribution is -2.16. The second-order valence-corrected chi connectivity index (χ2v) is 2.88. The zero-order chi connectivity index (χ0) is 9.84. The van der Waals surface area contributed by atoms with Gasteiger partial charge in [0.15, 0.2) is 6.23 Å². The largest absolute Gasteiger partial charge is 0.303 e. The molecule has 0 saturated carbocycles. The van der Waals surface area contributed by atoms with Crippen molar-refractivity contribution in [3.63, 3.8) is 0 Å². The van der Waals surface area contributed by atoms with E-state index < -0.39 is 23.4 Å². The lowest BCUT2D eigenvalue weighted by atomic mass is 10.2. The summed E-state index contributed by atoms with van der Waals surface area (Å²) in [6.45, 7) is 0. The van der Waals surface area contributed by atoms with Gasteiger partial charge in [0, 0.05) is 5.56 Å². The Morgan fingerprint density at radius 1 is 1.54 bits per heavy atom. The highest BCUT2D eigenvalue weighted by molar-refractivity contribution is 7.74. The molecule has 1 aromatic carbocycles. The van der Waals surface area contributed by atoms with Gasteiger partial charge in [0.05, 0.1) is 0 Å². The SMILES string of the molecule is NC(OS(=O)O)c1ccccc1F. The monoisotopic (exact) mass is 205 g/mol. The fourth-order valence-electron chi connectivity index (χ4n) is 0.846. The van der Waals surface area contributed by atoms with E-state index >= 15 is 0 Å². The smallest absolute Gasteiger partial charge is 0.301 e. The first-order valence-corrected chi connectivity index (χ1v) is 4.42. The molecule has 3 N–H and O–H groups in total. The predicted molar refractivity (Wildman–Crippen MR) is 45.2 cm³/mol. The van der Waals surface area contributed by atoms with Gasteiger partial charge in [-0.1, -0.05) is 18.2 Å². The summed E-state index contributed by atoms with van der Waals surface area (Å²) in [6, 6.07) is 5.62. The first-order valence-electron chi connectivity index (χ1n) is 3.39. The number of hydrogen-bond acceptors (Lipinski definition) is 3. The zero-order valence-electron chi connectivity index (χ0n) is 6.51. The highest BCUT2D eigenvalue weighted by atomic mass is 32.2. The Morgan fingerprint density at radius 3 is 2.69 bits per heavy atom. The van der Waals surface area contributed by atoms with Crippen molar-refractivity contribution in [3.8, 4) is 0 Å². The van der Waals surface area contributed by atoms with Crippen molar-refractivity contribution in [1.82, 2.24) is 0 Å². The van der Waals surface area contributed by atoms with Crippen molar-refractivity contribution < 1.29 is 17.3 Å². The molecule has 0 aliphatic rings. The van der Waals surface area contributed by atoms with Crippen molar-refractivity contribution in [3.05, 3.63) is 35.6 Å². The van der Waals surface area contributed by atoms with Gasteiger partial charge in [-0.05, 0) is 6.07 Å². The van der Waals surface area contributed by atoms with Crippen LogP contribution in [0.3, 0.4) is 0 Å². The van der Waals surface area contributed by atoms with Crippen molar-refractivity contribution in [2.75, 3.05) is 0 Å². The van der Waals surface area contributed by atoms with E-state index in [1.807, 2.05) is 0 Å². The lowest BCUT2D eigenvalue weighted by Gasteiger charge is -2.09. The van der Waals surface area contributed by atoms with Crippen molar-refractivity contribution in [2.45, 2.75) is 6.23 Å². The second kappa shape index (κ2) is 4.43. The van der Waals surface area contributed by atoms with Crippen molar-refractivity contribution in [2.24, 2.45) is 5.73 Å². The molecule has 0 radical (unpaired) electrons. The molecule has 0 bridgehead atoms. The van der Waals surface area contributed by atoms with E-state index in [2.05, 4.69) is 4.18 Å². The third-order valence-corrected chi connectivity index (χ3v) is 1.77. The van der Waals surface area contributed by atoms with Gasteiger partial charge in [-0.3, -0.25) is 4.55 Å². The number of nitrogens with two attached hydrogens (primary N) is 1. The maximum absolute atomic E-state index is 12.9. The lowest BCUT2D eigenvalue weighted by molar-refractivity contribution is 0.210. The van der Waals surface area contributed by atoms with Crippen LogP contribution in [0.5, 0.6) is 0 Å². The van der Waals surface area contributed by atoms with Crippen LogP contribution >= 0.6 is 0 Å². The molecule has 0 amide bonds. The topological polar surface area (TPSA) is 72.5 Å². The van der Waals surface area contributed by atoms with Crippen molar-refractivity contribution in [1.29, 1.82) is 0 Å². The molecule has 6 heteroatoms. The summed E-state index contributed by atoms with van der Waals surface area (Å²) in [6.07, 6.45) is -1.23. The molecule has 1 aromatic rings. The maximum atomic E-state index is 12.9. The highest BCUT2D eigenvalue weighted by Crippen LogP contribution is 2.15. The Balaban J connectivity index is 2.82. The fraction of sp³-hybridized carbons (Fsp3) is 0.143. The van der Waals surface area contributed by atoms with Gasteiger partial charge in [-0.15, -0.1) is 0 Å². The van der Waals surface area contributed by atoms with Crippen LogP contribution in [0.1, 0.15) is 11.8 Å². The van der Waals surface area contributed by atoms with E-state index in [4.69, 9.17) is 10.3 Å². The molecule has 0 saturated heterocycles. The van der Waals surface area contributed by atoms with Crippen LogP contribution in [-0.2, 0) is 15.5 Å². The fourth-order valence-corrected chi connectivity index (χ4v) is 1.13. The normalized spacial score (nSPS) is 15.3. The quantitative estimate of drug-likeness (QED) is 0.569.